The zero-order valence-corrected chi connectivity index (χ0v) is 11.8. The zero-order chi connectivity index (χ0) is 13.1. The normalized spacial score (nSPS) is 10.8. The van der Waals surface area contributed by atoms with Gasteiger partial charge in [-0.05, 0) is 37.5 Å². The Balaban J connectivity index is 2.25. The smallest absolute Gasteiger partial charge is 0.240 e. The van der Waals surface area contributed by atoms with Crippen LogP contribution in [-0.4, -0.2) is 26.7 Å². The lowest BCUT2D eigenvalue weighted by atomic mass is 10.4. The predicted molar refractivity (Wildman–Crippen MR) is 74.0 cm³/mol. The third-order valence-electron chi connectivity index (χ3n) is 2.25. The van der Waals surface area contributed by atoms with Gasteiger partial charge in [-0.2, -0.15) is 5.10 Å². The largest absolute Gasteiger partial charge is 0.352 e. The van der Waals surface area contributed by atoms with Crippen molar-refractivity contribution in [2.75, 3.05) is 0 Å². The summed E-state index contributed by atoms with van der Waals surface area (Å²) < 4.78 is 2.16. The van der Waals surface area contributed by atoms with Gasteiger partial charge in [-0.3, -0.25) is 14.5 Å². The van der Waals surface area contributed by atoms with Gasteiger partial charge in [0.05, 0.1) is 4.88 Å². The van der Waals surface area contributed by atoms with Crippen molar-refractivity contribution in [3.8, 4) is 10.7 Å². The SMILES string of the molecule is CC(C)NC(=O)Cn1c(-c2cccs2)n[nH]c1=S. The van der Waals surface area contributed by atoms with Gasteiger partial charge < -0.3 is 5.32 Å². The average Bonchev–Trinajstić information content (AvgIpc) is 2.88. The molecule has 2 rings (SSSR count). The molecule has 1 amide bonds. The molecule has 5 nitrogen and oxygen atoms in total. The quantitative estimate of drug-likeness (QED) is 0.845. The second-order valence-electron chi connectivity index (χ2n) is 4.14. The van der Waals surface area contributed by atoms with E-state index in [9.17, 15) is 4.79 Å². The molecule has 0 fully saturated rings. The summed E-state index contributed by atoms with van der Waals surface area (Å²) in [6.07, 6.45) is 0. The Morgan fingerprint density at radius 1 is 1.67 bits per heavy atom. The molecule has 0 aliphatic carbocycles. The number of carbonyl (C=O) groups is 1. The first-order chi connectivity index (χ1) is 8.58. The molecule has 2 N–H and O–H groups in total. The molecule has 0 atom stereocenters. The molecule has 0 aliphatic heterocycles. The molecule has 0 saturated carbocycles. The molecule has 96 valence electrons. The van der Waals surface area contributed by atoms with Crippen molar-refractivity contribution in [3.05, 3.63) is 22.3 Å². The van der Waals surface area contributed by atoms with E-state index in [2.05, 4.69) is 15.5 Å². The third-order valence-corrected chi connectivity index (χ3v) is 3.43. The molecule has 7 heteroatoms. The van der Waals surface area contributed by atoms with Crippen molar-refractivity contribution < 1.29 is 4.79 Å². The first kappa shape index (κ1) is 13.0. The summed E-state index contributed by atoms with van der Waals surface area (Å²) in [5.41, 5.74) is 0. The van der Waals surface area contributed by atoms with Gasteiger partial charge in [0.15, 0.2) is 10.6 Å². The Morgan fingerprint density at radius 2 is 2.44 bits per heavy atom. The Hall–Kier alpha value is -1.47. The summed E-state index contributed by atoms with van der Waals surface area (Å²) in [7, 11) is 0. The molecule has 2 aromatic rings. The van der Waals surface area contributed by atoms with E-state index in [0.717, 1.165) is 4.88 Å². The summed E-state index contributed by atoms with van der Waals surface area (Å²) in [5.74, 6) is 0.634. The fraction of sp³-hybridized carbons (Fsp3) is 0.364. The summed E-state index contributed by atoms with van der Waals surface area (Å²) >= 11 is 6.71. The van der Waals surface area contributed by atoms with Crippen molar-refractivity contribution in [3.63, 3.8) is 0 Å². The number of H-pyrrole nitrogens is 1. The minimum Gasteiger partial charge on any atom is -0.352 e. The second kappa shape index (κ2) is 5.45. The molecule has 0 aromatic carbocycles. The number of aromatic nitrogens is 3. The van der Waals surface area contributed by atoms with Crippen molar-refractivity contribution in [2.45, 2.75) is 26.4 Å². The van der Waals surface area contributed by atoms with Crippen LogP contribution >= 0.6 is 23.6 Å². The number of carbonyl (C=O) groups excluding carboxylic acids is 1. The fourth-order valence-corrected chi connectivity index (χ4v) is 2.49. The van der Waals surface area contributed by atoms with Crippen LogP contribution in [0.5, 0.6) is 0 Å². The third kappa shape index (κ3) is 2.85. The van der Waals surface area contributed by atoms with E-state index in [4.69, 9.17) is 12.2 Å². The van der Waals surface area contributed by atoms with E-state index < -0.39 is 0 Å². The van der Waals surface area contributed by atoms with Crippen LogP contribution in [0.1, 0.15) is 13.8 Å². The van der Waals surface area contributed by atoms with Crippen LogP contribution < -0.4 is 5.32 Å². The highest BCUT2D eigenvalue weighted by Crippen LogP contribution is 2.22. The van der Waals surface area contributed by atoms with Gasteiger partial charge in [-0.15, -0.1) is 11.3 Å². The topological polar surface area (TPSA) is 62.7 Å². The van der Waals surface area contributed by atoms with Crippen LogP contribution in [0.15, 0.2) is 17.5 Å². The van der Waals surface area contributed by atoms with Gasteiger partial charge in [0.25, 0.3) is 0 Å². The van der Waals surface area contributed by atoms with E-state index in [1.165, 1.54) is 0 Å². The number of aromatic amines is 1. The molecule has 0 spiro atoms. The van der Waals surface area contributed by atoms with Crippen LogP contribution in [0.25, 0.3) is 10.7 Å². The van der Waals surface area contributed by atoms with Crippen LogP contribution in [0.3, 0.4) is 0 Å². The number of amides is 1. The maximum atomic E-state index is 11.8. The summed E-state index contributed by atoms with van der Waals surface area (Å²) in [5, 5.41) is 11.7. The molecule has 0 bridgehead atoms. The van der Waals surface area contributed by atoms with E-state index in [0.29, 0.717) is 10.6 Å². The maximum Gasteiger partial charge on any atom is 0.240 e. The molecular weight excluding hydrogens is 268 g/mol. The van der Waals surface area contributed by atoms with Gasteiger partial charge in [-0.25, -0.2) is 0 Å². The molecule has 2 heterocycles. The van der Waals surface area contributed by atoms with Crippen LogP contribution in [0, 0.1) is 4.77 Å². The van der Waals surface area contributed by atoms with Gasteiger partial charge in [0.2, 0.25) is 5.91 Å². The minimum absolute atomic E-state index is 0.0692. The highest BCUT2D eigenvalue weighted by atomic mass is 32.1. The van der Waals surface area contributed by atoms with Gasteiger partial charge in [0, 0.05) is 6.04 Å². The summed E-state index contributed by atoms with van der Waals surface area (Å²) in [6, 6.07) is 4.01. The second-order valence-corrected chi connectivity index (χ2v) is 5.47. The van der Waals surface area contributed by atoms with Crippen molar-refractivity contribution >= 4 is 29.5 Å². The first-order valence-corrected chi connectivity index (χ1v) is 6.85. The Bertz CT molecular complexity index is 582. The fourth-order valence-electron chi connectivity index (χ4n) is 1.57. The molecular formula is C11H14N4OS2. The van der Waals surface area contributed by atoms with Gasteiger partial charge >= 0.3 is 0 Å². The van der Waals surface area contributed by atoms with Crippen LogP contribution in [0.2, 0.25) is 0 Å². The molecule has 2 aromatic heterocycles. The van der Waals surface area contributed by atoms with Crippen molar-refractivity contribution in [2.24, 2.45) is 0 Å². The van der Waals surface area contributed by atoms with E-state index in [-0.39, 0.29) is 18.5 Å². The number of hydrogen-bond donors (Lipinski definition) is 2. The van der Waals surface area contributed by atoms with E-state index >= 15 is 0 Å². The average molecular weight is 282 g/mol. The summed E-state index contributed by atoms with van der Waals surface area (Å²) in [4.78, 5) is 12.8. The van der Waals surface area contributed by atoms with Gasteiger partial charge in [0.1, 0.15) is 6.54 Å². The standard InChI is InChI=1S/C11H14N4OS2/c1-7(2)12-9(16)6-15-10(13-14-11(15)17)8-4-3-5-18-8/h3-5,7H,6H2,1-2H3,(H,12,16)(H,14,17). The lowest BCUT2D eigenvalue weighted by molar-refractivity contribution is -0.122. The highest BCUT2D eigenvalue weighted by Gasteiger charge is 2.13. The lowest BCUT2D eigenvalue weighted by Gasteiger charge is -2.09. The molecule has 0 aliphatic rings. The van der Waals surface area contributed by atoms with Crippen LogP contribution in [-0.2, 0) is 11.3 Å². The Morgan fingerprint density at radius 3 is 3.06 bits per heavy atom. The number of hydrogen-bond acceptors (Lipinski definition) is 4. The minimum atomic E-state index is -0.0692. The Kier molecular flexibility index (Phi) is 3.93. The van der Waals surface area contributed by atoms with E-state index in [1.54, 1.807) is 15.9 Å². The number of rotatable bonds is 4. The predicted octanol–water partition coefficient (Wildman–Crippen LogP) is 2.19. The number of thiophene rings is 1. The molecule has 18 heavy (non-hydrogen) atoms. The van der Waals surface area contributed by atoms with Gasteiger partial charge in [-0.1, -0.05) is 6.07 Å². The van der Waals surface area contributed by atoms with E-state index in [1.807, 2.05) is 31.4 Å². The zero-order valence-electron chi connectivity index (χ0n) is 10.1. The van der Waals surface area contributed by atoms with Crippen molar-refractivity contribution in [1.29, 1.82) is 0 Å². The monoisotopic (exact) mass is 282 g/mol. The lowest BCUT2D eigenvalue weighted by Crippen LogP contribution is -2.33. The van der Waals surface area contributed by atoms with Crippen molar-refractivity contribution in [1.82, 2.24) is 20.1 Å². The first-order valence-electron chi connectivity index (χ1n) is 5.56. The molecule has 0 radical (unpaired) electrons. The maximum absolute atomic E-state index is 11.8. The number of nitrogens with one attached hydrogen (secondary N) is 2. The molecule has 0 unspecified atom stereocenters. The Labute approximate surface area is 114 Å². The van der Waals surface area contributed by atoms with Crippen LogP contribution in [0.4, 0.5) is 0 Å². The molecule has 0 saturated heterocycles. The number of nitrogens with zero attached hydrogens (tertiary/aromatic N) is 2. The highest BCUT2D eigenvalue weighted by molar-refractivity contribution is 7.71. The summed E-state index contributed by atoms with van der Waals surface area (Å²) in [6.45, 7) is 4.03.